The van der Waals surface area contributed by atoms with Gasteiger partial charge in [-0.25, -0.2) is 0 Å². The Balaban J connectivity index is 1.97. The minimum Gasteiger partial charge on any atom is -0.314 e. The lowest BCUT2D eigenvalue weighted by Crippen LogP contribution is -2.29. The van der Waals surface area contributed by atoms with E-state index in [4.69, 9.17) is 0 Å². The highest BCUT2D eigenvalue weighted by Crippen LogP contribution is 2.29. The summed E-state index contributed by atoms with van der Waals surface area (Å²) in [6, 6.07) is 7.05. The van der Waals surface area contributed by atoms with Crippen LogP contribution in [0.3, 0.4) is 0 Å². The molecule has 0 spiro atoms. The number of rotatable bonds is 6. The molecule has 1 aromatic carbocycles. The fourth-order valence-corrected chi connectivity index (χ4v) is 2.86. The molecule has 0 aliphatic carbocycles. The third-order valence-electron chi connectivity index (χ3n) is 3.98. The first-order chi connectivity index (χ1) is 9.61. The van der Waals surface area contributed by atoms with Crippen LogP contribution < -0.4 is 10.2 Å². The molecule has 0 aromatic heterocycles. The molecule has 1 heterocycles. The lowest BCUT2D eigenvalue weighted by molar-refractivity contribution is -0.116. The predicted molar refractivity (Wildman–Crippen MR) is 84.2 cm³/mol. The number of hydrogen-bond acceptors (Lipinski definition) is 2. The highest BCUT2D eigenvalue weighted by atomic mass is 16.2. The van der Waals surface area contributed by atoms with Gasteiger partial charge in [0.05, 0.1) is 0 Å². The molecular weight excluding hydrogens is 248 g/mol. The third kappa shape index (κ3) is 3.60. The highest BCUT2D eigenvalue weighted by Gasteiger charge is 2.22. The minimum atomic E-state index is 0.145. The first kappa shape index (κ1) is 15.0. The molecule has 1 aliphatic rings. The highest BCUT2D eigenvalue weighted by molar-refractivity contribution is 5.93. The lowest BCUT2D eigenvalue weighted by Gasteiger charge is -2.16. The lowest BCUT2D eigenvalue weighted by atomic mass is 10.0. The van der Waals surface area contributed by atoms with Crippen molar-refractivity contribution in [2.45, 2.75) is 52.5 Å². The summed E-state index contributed by atoms with van der Waals surface area (Å²) >= 11 is 0. The van der Waals surface area contributed by atoms with Crippen molar-refractivity contribution in [3.05, 3.63) is 29.3 Å². The van der Waals surface area contributed by atoms with Gasteiger partial charge in [0.25, 0.3) is 0 Å². The van der Waals surface area contributed by atoms with Gasteiger partial charge in [-0.3, -0.25) is 4.79 Å². The summed E-state index contributed by atoms with van der Waals surface area (Å²) in [6.07, 6.45) is 4.51. The average Bonchev–Trinajstić information content (AvgIpc) is 2.82. The summed E-state index contributed by atoms with van der Waals surface area (Å²) in [5.74, 6) is 0.145. The van der Waals surface area contributed by atoms with Crippen LogP contribution in [-0.4, -0.2) is 25.0 Å². The number of fused-ring (bicyclic) bond motifs is 1. The van der Waals surface area contributed by atoms with Crippen molar-refractivity contribution in [3.8, 4) is 0 Å². The number of nitrogens with one attached hydrogen (secondary N) is 1. The predicted octanol–water partition coefficient (Wildman–Crippen LogP) is 2.92. The molecule has 0 saturated heterocycles. The van der Waals surface area contributed by atoms with E-state index >= 15 is 0 Å². The van der Waals surface area contributed by atoms with Gasteiger partial charge in [-0.15, -0.1) is 0 Å². The molecular formula is C17H26N2O. The van der Waals surface area contributed by atoms with Crippen LogP contribution >= 0.6 is 0 Å². The topological polar surface area (TPSA) is 32.3 Å². The van der Waals surface area contributed by atoms with E-state index < -0.39 is 0 Å². The number of carbonyl (C=O) groups is 1. The van der Waals surface area contributed by atoms with Crippen LogP contribution in [0, 0.1) is 0 Å². The third-order valence-corrected chi connectivity index (χ3v) is 3.98. The zero-order chi connectivity index (χ0) is 14.5. The van der Waals surface area contributed by atoms with Gasteiger partial charge in [-0.2, -0.15) is 0 Å². The number of carbonyl (C=O) groups excluding carboxylic acids is 1. The first-order valence-electron chi connectivity index (χ1n) is 7.75. The molecule has 110 valence electrons. The average molecular weight is 274 g/mol. The summed E-state index contributed by atoms with van der Waals surface area (Å²) in [6.45, 7) is 8.03. The van der Waals surface area contributed by atoms with Gasteiger partial charge in [0.1, 0.15) is 0 Å². The smallest absolute Gasteiger partial charge is 0.223 e. The molecule has 0 fully saturated rings. The van der Waals surface area contributed by atoms with Gasteiger partial charge in [0, 0.05) is 25.2 Å². The Labute approximate surface area is 122 Å². The van der Waals surface area contributed by atoms with Gasteiger partial charge >= 0.3 is 0 Å². The van der Waals surface area contributed by atoms with Gasteiger partial charge in [0.15, 0.2) is 0 Å². The van der Waals surface area contributed by atoms with Crippen molar-refractivity contribution in [2.24, 2.45) is 0 Å². The molecule has 1 aromatic rings. The van der Waals surface area contributed by atoms with E-state index in [0.717, 1.165) is 31.6 Å². The number of amides is 1. The number of anilines is 1. The van der Waals surface area contributed by atoms with Gasteiger partial charge in [0.2, 0.25) is 5.91 Å². The van der Waals surface area contributed by atoms with E-state index in [9.17, 15) is 4.79 Å². The normalized spacial score (nSPS) is 15.2. The molecule has 2 rings (SSSR count). The second-order valence-electron chi connectivity index (χ2n) is 5.80. The van der Waals surface area contributed by atoms with Crippen LogP contribution in [-0.2, 0) is 17.6 Å². The Kier molecular flexibility index (Phi) is 5.18. The molecule has 0 radical (unpaired) electrons. The maximum absolute atomic E-state index is 11.5. The zero-order valence-corrected chi connectivity index (χ0v) is 12.9. The van der Waals surface area contributed by atoms with Crippen molar-refractivity contribution in [1.29, 1.82) is 0 Å². The fourth-order valence-electron chi connectivity index (χ4n) is 2.86. The van der Waals surface area contributed by atoms with Gasteiger partial charge in [-0.05, 0) is 49.9 Å². The molecule has 20 heavy (non-hydrogen) atoms. The number of benzene rings is 1. The van der Waals surface area contributed by atoms with Crippen molar-refractivity contribution in [2.75, 3.05) is 18.0 Å². The quantitative estimate of drug-likeness (QED) is 0.809. The maximum Gasteiger partial charge on any atom is 0.223 e. The summed E-state index contributed by atoms with van der Waals surface area (Å²) in [5, 5.41) is 3.56. The second kappa shape index (κ2) is 6.89. The van der Waals surface area contributed by atoms with Crippen LogP contribution in [0.4, 0.5) is 5.69 Å². The molecule has 1 aliphatic heterocycles. The van der Waals surface area contributed by atoms with Crippen molar-refractivity contribution >= 4 is 11.6 Å². The van der Waals surface area contributed by atoms with Crippen molar-refractivity contribution < 1.29 is 4.79 Å². The van der Waals surface area contributed by atoms with Crippen molar-refractivity contribution in [1.82, 2.24) is 5.32 Å². The van der Waals surface area contributed by atoms with E-state index in [0.29, 0.717) is 6.04 Å². The van der Waals surface area contributed by atoms with Crippen LogP contribution in [0.2, 0.25) is 0 Å². The molecule has 0 saturated carbocycles. The van der Waals surface area contributed by atoms with Crippen LogP contribution in [0.25, 0.3) is 0 Å². The van der Waals surface area contributed by atoms with E-state index in [2.05, 4.69) is 37.4 Å². The summed E-state index contributed by atoms with van der Waals surface area (Å²) in [7, 11) is 0. The Morgan fingerprint density at radius 3 is 2.95 bits per heavy atom. The first-order valence-corrected chi connectivity index (χ1v) is 7.75. The van der Waals surface area contributed by atoms with E-state index in [1.807, 2.05) is 4.90 Å². The number of nitrogens with zero attached hydrogens (tertiary/aromatic N) is 1. The molecule has 1 amide bonds. The van der Waals surface area contributed by atoms with Crippen LogP contribution in [0.1, 0.15) is 44.7 Å². The second-order valence-corrected chi connectivity index (χ2v) is 5.80. The molecule has 1 N–H and O–H groups in total. The van der Waals surface area contributed by atoms with Gasteiger partial charge in [-0.1, -0.05) is 25.5 Å². The van der Waals surface area contributed by atoms with E-state index in [-0.39, 0.29) is 5.91 Å². The molecule has 3 heteroatoms. The Morgan fingerprint density at radius 1 is 1.45 bits per heavy atom. The Hall–Kier alpha value is -1.35. The zero-order valence-electron chi connectivity index (χ0n) is 12.9. The molecule has 3 nitrogen and oxygen atoms in total. The monoisotopic (exact) mass is 274 g/mol. The summed E-state index contributed by atoms with van der Waals surface area (Å²) < 4.78 is 0. The van der Waals surface area contributed by atoms with E-state index in [1.54, 1.807) is 6.92 Å². The van der Waals surface area contributed by atoms with E-state index in [1.165, 1.54) is 24.0 Å². The molecule has 1 unspecified atom stereocenters. The number of unbranched alkanes of at least 4 members (excludes halogenated alkanes) is 1. The van der Waals surface area contributed by atoms with Crippen LogP contribution in [0.15, 0.2) is 18.2 Å². The molecule has 1 atom stereocenters. The fraction of sp³-hybridized carbons (Fsp3) is 0.588. The Bertz CT molecular complexity index is 470. The standard InChI is InChI=1S/C17H26N2O/c1-4-5-9-18-13(2)11-15-6-7-17-16(12-15)8-10-19(17)14(3)20/h6-7,12-13,18H,4-5,8-11H2,1-3H3. The molecule has 0 bridgehead atoms. The van der Waals surface area contributed by atoms with Crippen molar-refractivity contribution in [3.63, 3.8) is 0 Å². The summed E-state index contributed by atoms with van der Waals surface area (Å²) in [5.41, 5.74) is 3.79. The maximum atomic E-state index is 11.5. The Morgan fingerprint density at radius 2 is 2.25 bits per heavy atom. The summed E-state index contributed by atoms with van der Waals surface area (Å²) in [4.78, 5) is 13.4. The van der Waals surface area contributed by atoms with Gasteiger partial charge < -0.3 is 10.2 Å². The number of hydrogen-bond donors (Lipinski definition) is 1. The SMILES string of the molecule is CCCCNC(C)Cc1ccc2c(c1)CCN2C(C)=O. The van der Waals surface area contributed by atoms with Crippen LogP contribution in [0.5, 0.6) is 0 Å². The largest absolute Gasteiger partial charge is 0.314 e. The minimum absolute atomic E-state index is 0.145.